The number of nitrogens with zero attached hydrogens (tertiary/aromatic N) is 2. The first kappa shape index (κ1) is 20.2. The summed E-state index contributed by atoms with van der Waals surface area (Å²) in [7, 11) is -0.612. The Bertz CT molecular complexity index is 651. The molecule has 0 saturated heterocycles. The van der Waals surface area contributed by atoms with Crippen molar-refractivity contribution in [2.45, 2.75) is 13.3 Å². The minimum atomic E-state index is -3.49. The summed E-state index contributed by atoms with van der Waals surface area (Å²) >= 11 is 12.0. The maximum atomic E-state index is 11.7. The summed E-state index contributed by atoms with van der Waals surface area (Å²) in [4.78, 5) is 13.3. The number of hydrogen-bond acceptors (Lipinski definition) is 3. The van der Waals surface area contributed by atoms with E-state index in [1.807, 2.05) is 6.07 Å². The number of carbonyl (C=O) groups is 1. The minimum Gasteiger partial charge on any atom is -0.341 e. The van der Waals surface area contributed by atoms with Gasteiger partial charge in [-0.15, -0.1) is 0 Å². The predicted molar refractivity (Wildman–Crippen MR) is 93.0 cm³/mol. The number of benzene rings is 1. The van der Waals surface area contributed by atoms with E-state index in [2.05, 4.69) is 4.72 Å². The Morgan fingerprint density at radius 2 is 1.87 bits per heavy atom. The van der Waals surface area contributed by atoms with Crippen LogP contribution in [0.3, 0.4) is 0 Å². The van der Waals surface area contributed by atoms with Crippen LogP contribution < -0.4 is 4.72 Å². The van der Waals surface area contributed by atoms with Gasteiger partial charge in [0.05, 0.1) is 0 Å². The average molecular weight is 382 g/mol. The summed E-state index contributed by atoms with van der Waals surface area (Å²) in [6.07, 6.45) is 0.565. The van der Waals surface area contributed by atoms with E-state index in [-0.39, 0.29) is 19.0 Å². The van der Waals surface area contributed by atoms with Crippen molar-refractivity contribution in [3.8, 4) is 0 Å². The topological polar surface area (TPSA) is 69.7 Å². The molecule has 1 aromatic rings. The van der Waals surface area contributed by atoms with E-state index in [9.17, 15) is 13.2 Å². The first-order chi connectivity index (χ1) is 10.6. The van der Waals surface area contributed by atoms with Crippen molar-refractivity contribution in [3.63, 3.8) is 0 Å². The SMILES string of the molecule is CC(=O)N(CCNS(=O)(=O)N(C)C)CCc1ccc(Cl)cc1Cl. The highest BCUT2D eigenvalue weighted by molar-refractivity contribution is 7.87. The van der Waals surface area contributed by atoms with Gasteiger partial charge in [-0.1, -0.05) is 29.3 Å². The monoisotopic (exact) mass is 381 g/mol. The minimum absolute atomic E-state index is 0.126. The largest absolute Gasteiger partial charge is 0.341 e. The van der Waals surface area contributed by atoms with Crippen molar-refractivity contribution in [2.75, 3.05) is 33.7 Å². The van der Waals surface area contributed by atoms with Crippen LogP contribution >= 0.6 is 23.2 Å². The smallest absolute Gasteiger partial charge is 0.278 e. The van der Waals surface area contributed by atoms with Crippen molar-refractivity contribution in [2.24, 2.45) is 0 Å². The molecule has 0 unspecified atom stereocenters. The number of carbonyl (C=O) groups excluding carboxylic acids is 1. The summed E-state index contributed by atoms with van der Waals surface area (Å²) in [5.74, 6) is -0.126. The Hall–Kier alpha value is -0.860. The highest BCUT2D eigenvalue weighted by atomic mass is 35.5. The zero-order valence-electron chi connectivity index (χ0n) is 13.3. The molecule has 0 bridgehead atoms. The van der Waals surface area contributed by atoms with Crippen LogP contribution in [-0.2, 0) is 21.4 Å². The summed E-state index contributed by atoms with van der Waals surface area (Å²) in [6.45, 7) is 2.33. The standard InChI is InChI=1S/C14H21Cl2N3O3S/c1-11(20)19(9-7-17-23(21,22)18(2)3)8-6-12-4-5-13(15)10-14(12)16/h4-5,10,17H,6-9H2,1-3H3. The maximum absolute atomic E-state index is 11.7. The van der Waals surface area contributed by atoms with Crippen LogP contribution in [-0.4, -0.2) is 57.3 Å². The molecule has 1 rings (SSSR count). The van der Waals surface area contributed by atoms with Crippen LogP contribution in [0.15, 0.2) is 18.2 Å². The average Bonchev–Trinajstić information content (AvgIpc) is 2.43. The van der Waals surface area contributed by atoms with Crippen molar-refractivity contribution >= 4 is 39.3 Å². The lowest BCUT2D eigenvalue weighted by Gasteiger charge is -2.22. The third-order valence-electron chi connectivity index (χ3n) is 3.26. The van der Waals surface area contributed by atoms with Gasteiger partial charge < -0.3 is 4.90 Å². The molecular weight excluding hydrogens is 361 g/mol. The van der Waals surface area contributed by atoms with E-state index < -0.39 is 10.2 Å². The van der Waals surface area contributed by atoms with Crippen molar-refractivity contribution < 1.29 is 13.2 Å². The number of hydrogen-bond donors (Lipinski definition) is 1. The zero-order chi connectivity index (χ0) is 17.6. The Kier molecular flexibility index (Phi) is 7.76. The Morgan fingerprint density at radius 3 is 2.39 bits per heavy atom. The van der Waals surface area contributed by atoms with Crippen LogP contribution in [0.4, 0.5) is 0 Å². The molecule has 1 amide bonds. The maximum Gasteiger partial charge on any atom is 0.278 e. The molecule has 0 radical (unpaired) electrons. The second-order valence-corrected chi connectivity index (χ2v) is 7.99. The van der Waals surface area contributed by atoms with Gasteiger partial charge in [0.2, 0.25) is 5.91 Å². The molecule has 0 atom stereocenters. The molecule has 6 nitrogen and oxygen atoms in total. The molecule has 0 aliphatic rings. The highest BCUT2D eigenvalue weighted by Crippen LogP contribution is 2.21. The van der Waals surface area contributed by atoms with Gasteiger partial charge in [-0.25, -0.2) is 4.72 Å². The van der Waals surface area contributed by atoms with Gasteiger partial charge in [0.1, 0.15) is 0 Å². The van der Waals surface area contributed by atoms with Crippen molar-refractivity contribution in [3.05, 3.63) is 33.8 Å². The van der Waals surface area contributed by atoms with E-state index in [0.717, 1.165) is 9.87 Å². The number of nitrogens with one attached hydrogen (secondary N) is 1. The predicted octanol–water partition coefficient (Wildman–Crippen LogP) is 1.78. The normalized spacial score (nSPS) is 11.7. The molecule has 0 saturated carbocycles. The Morgan fingerprint density at radius 1 is 1.22 bits per heavy atom. The third-order valence-corrected chi connectivity index (χ3v) is 5.38. The van der Waals surface area contributed by atoms with Crippen LogP contribution in [0.5, 0.6) is 0 Å². The fourth-order valence-electron chi connectivity index (χ4n) is 1.85. The van der Waals surface area contributed by atoms with Crippen molar-refractivity contribution in [1.82, 2.24) is 13.9 Å². The summed E-state index contributed by atoms with van der Waals surface area (Å²) in [5.41, 5.74) is 0.885. The fraction of sp³-hybridized carbons (Fsp3) is 0.500. The number of amides is 1. The van der Waals surface area contributed by atoms with Crippen molar-refractivity contribution in [1.29, 1.82) is 0 Å². The van der Waals surface area contributed by atoms with Gasteiger partial charge in [-0.05, 0) is 24.1 Å². The molecule has 9 heteroatoms. The lowest BCUT2D eigenvalue weighted by Crippen LogP contribution is -2.42. The molecule has 1 N–H and O–H groups in total. The van der Waals surface area contributed by atoms with Gasteiger partial charge >= 0.3 is 0 Å². The van der Waals surface area contributed by atoms with Crippen LogP contribution in [0, 0.1) is 0 Å². The number of halogens is 2. The molecule has 0 aliphatic carbocycles. The van der Waals surface area contributed by atoms with Crippen LogP contribution in [0.25, 0.3) is 0 Å². The summed E-state index contributed by atoms with van der Waals surface area (Å²) < 4.78 is 26.7. The van der Waals surface area contributed by atoms with E-state index in [1.54, 1.807) is 17.0 Å². The molecule has 130 valence electrons. The zero-order valence-corrected chi connectivity index (χ0v) is 15.7. The molecule has 0 spiro atoms. The van der Waals surface area contributed by atoms with Gasteiger partial charge in [0.25, 0.3) is 10.2 Å². The van der Waals surface area contributed by atoms with Crippen LogP contribution in [0.1, 0.15) is 12.5 Å². The molecule has 0 aliphatic heterocycles. The quantitative estimate of drug-likeness (QED) is 0.745. The Balaban J connectivity index is 2.57. The molecule has 0 heterocycles. The second-order valence-electron chi connectivity index (χ2n) is 5.17. The lowest BCUT2D eigenvalue weighted by atomic mass is 10.1. The van der Waals surface area contributed by atoms with Gasteiger partial charge in [-0.2, -0.15) is 12.7 Å². The highest BCUT2D eigenvalue weighted by Gasteiger charge is 2.14. The van der Waals surface area contributed by atoms with E-state index in [0.29, 0.717) is 23.0 Å². The van der Waals surface area contributed by atoms with Gasteiger partial charge in [0.15, 0.2) is 0 Å². The summed E-state index contributed by atoms with van der Waals surface area (Å²) in [5, 5.41) is 1.11. The fourth-order valence-corrected chi connectivity index (χ4v) is 2.96. The molecule has 1 aromatic carbocycles. The molecule has 0 fully saturated rings. The van der Waals surface area contributed by atoms with Crippen LogP contribution in [0.2, 0.25) is 10.0 Å². The van der Waals surface area contributed by atoms with E-state index >= 15 is 0 Å². The van der Waals surface area contributed by atoms with Gasteiger partial charge in [0, 0.05) is 50.7 Å². The first-order valence-electron chi connectivity index (χ1n) is 7.00. The second kappa shape index (κ2) is 8.84. The third kappa shape index (κ3) is 6.64. The lowest BCUT2D eigenvalue weighted by molar-refractivity contribution is -0.128. The summed E-state index contributed by atoms with van der Waals surface area (Å²) in [6, 6.07) is 5.21. The molecular formula is C14H21Cl2N3O3S. The first-order valence-corrected chi connectivity index (χ1v) is 9.19. The van der Waals surface area contributed by atoms with E-state index in [4.69, 9.17) is 23.2 Å². The molecule has 0 aromatic heterocycles. The van der Waals surface area contributed by atoms with Gasteiger partial charge in [-0.3, -0.25) is 4.79 Å². The van der Waals surface area contributed by atoms with E-state index in [1.165, 1.54) is 21.0 Å². The Labute approximate surface area is 147 Å². The number of rotatable bonds is 8. The molecule has 23 heavy (non-hydrogen) atoms.